The second-order valence-corrected chi connectivity index (χ2v) is 4.99. The van der Waals surface area contributed by atoms with E-state index in [-0.39, 0.29) is 6.04 Å². The average Bonchev–Trinajstić information content (AvgIpc) is 2.38. The van der Waals surface area contributed by atoms with Crippen LogP contribution in [-0.2, 0) is 0 Å². The molecule has 0 spiro atoms. The summed E-state index contributed by atoms with van der Waals surface area (Å²) in [6.45, 7) is 10.0. The third-order valence-corrected chi connectivity index (χ3v) is 3.71. The fourth-order valence-electron chi connectivity index (χ4n) is 2.49. The molecule has 17 heavy (non-hydrogen) atoms. The number of nitriles is 1. The van der Waals surface area contributed by atoms with Gasteiger partial charge in [0.2, 0.25) is 0 Å². The number of hydrogen-bond donors (Lipinski definition) is 0. The Balaban J connectivity index is 2.15. The van der Waals surface area contributed by atoms with Crippen LogP contribution < -0.4 is 0 Å². The Morgan fingerprint density at radius 1 is 1.06 bits per heavy atom. The topological polar surface area (TPSA) is 30.3 Å². The minimum atomic E-state index is 0.136. The van der Waals surface area contributed by atoms with Crippen molar-refractivity contribution >= 4 is 0 Å². The van der Waals surface area contributed by atoms with Crippen LogP contribution in [0.1, 0.15) is 46.0 Å². The number of hydrogen-bond acceptors (Lipinski definition) is 3. The molecule has 0 aliphatic carbocycles. The number of piperazine rings is 1. The molecule has 1 saturated heterocycles. The molecule has 1 aliphatic heterocycles. The highest BCUT2D eigenvalue weighted by atomic mass is 15.3. The van der Waals surface area contributed by atoms with Gasteiger partial charge in [-0.25, -0.2) is 0 Å². The van der Waals surface area contributed by atoms with Crippen LogP contribution in [0.5, 0.6) is 0 Å². The van der Waals surface area contributed by atoms with Gasteiger partial charge < -0.3 is 4.90 Å². The molecule has 0 amide bonds. The molecule has 1 heterocycles. The quantitative estimate of drug-likeness (QED) is 0.637. The van der Waals surface area contributed by atoms with Crippen molar-refractivity contribution in [1.29, 1.82) is 5.26 Å². The van der Waals surface area contributed by atoms with Crippen LogP contribution in [-0.4, -0.2) is 48.6 Å². The van der Waals surface area contributed by atoms with Gasteiger partial charge in [-0.15, -0.1) is 0 Å². The summed E-state index contributed by atoms with van der Waals surface area (Å²) >= 11 is 0. The maximum absolute atomic E-state index is 9.04. The second kappa shape index (κ2) is 8.49. The molecule has 3 heteroatoms. The second-order valence-electron chi connectivity index (χ2n) is 4.99. The van der Waals surface area contributed by atoms with Crippen molar-refractivity contribution in [3.8, 4) is 6.07 Å². The van der Waals surface area contributed by atoms with Gasteiger partial charge in [-0.3, -0.25) is 4.90 Å². The van der Waals surface area contributed by atoms with E-state index in [0.29, 0.717) is 0 Å². The third kappa shape index (κ3) is 5.06. The molecule has 0 bridgehead atoms. The van der Waals surface area contributed by atoms with Gasteiger partial charge in [0.15, 0.2) is 0 Å². The Morgan fingerprint density at radius 2 is 1.76 bits per heavy atom. The van der Waals surface area contributed by atoms with Gasteiger partial charge in [0.25, 0.3) is 0 Å². The van der Waals surface area contributed by atoms with Crippen LogP contribution in [0.3, 0.4) is 0 Å². The molecule has 1 fully saturated rings. The molecule has 0 saturated carbocycles. The molecule has 1 atom stereocenters. The minimum absolute atomic E-state index is 0.136. The van der Waals surface area contributed by atoms with E-state index in [0.717, 1.165) is 32.6 Å². The Labute approximate surface area is 106 Å². The third-order valence-electron chi connectivity index (χ3n) is 3.71. The van der Waals surface area contributed by atoms with Crippen molar-refractivity contribution in [2.45, 2.75) is 52.0 Å². The molecule has 0 aromatic carbocycles. The summed E-state index contributed by atoms with van der Waals surface area (Å²) in [5.41, 5.74) is 0. The first-order valence-corrected chi connectivity index (χ1v) is 7.17. The zero-order valence-corrected chi connectivity index (χ0v) is 11.5. The number of nitrogens with zero attached hydrogens (tertiary/aromatic N) is 3. The lowest BCUT2D eigenvalue weighted by atomic mass is 10.1. The summed E-state index contributed by atoms with van der Waals surface area (Å²) in [6, 6.07) is 2.54. The van der Waals surface area contributed by atoms with Crippen LogP contribution in [0.2, 0.25) is 0 Å². The van der Waals surface area contributed by atoms with Crippen LogP contribution in [0.15, 0.2) is 0 Å². The molecule has 1 rings (SSSR count). The minimum Gasteiger partial charge on any atom is -0.301 e. The van der Waals surface area contributed by atoms with Crippen molar-refractivity contribution in [3.63, 3.8) is 0 Å². The van der Waals surface area contributed by atoms with E-state index in [1.807, 2.05) is 0 Å². The Bertz CT molecular complexity index is 226. The first kappa shape index (κ1) is 14.5. The maximum atomic E-state index is 9.04. The Kier molecular flexibility index (Phi) is 7.23. The Hall–Kier alpha value is -0.590. The highest BCUT2D eigenvalue weighted by molar-refractivity contribution is 4.92. The molecule has 1 aliphatic rings. The summed E-state index contributed by atoms with van der Waals surface area (Å²) in [4.78, 5) is 4.89. The molecule has 0 radical (unpaired) electrons. The van der Waals surface area contributed by atoms with Gasteiger partial charge in [0.05, 0.1) is 12.1 Å². The normalized spacial score (nSPS) is 20.1. The number of rotatable bonds is 7. The van der Waals surface area contributed by atoms with Crippen molar-refractivity contribution < 1.29 is 0 Å². The van der Waals surface area contributed by atoms with Crippen molar-refractivity contribution in [2.75, 3.05) is 32.7 Å². The molecule has 0 aromatic rings. The first-order valence-electron chi connectivity index (χ1n) is 7.17. The van der Waals surface area contributed by atoms with Crippen molar-refractivity contribution in [1.82, 2.24) is 9.80 Å². The van der Waals surface area contributed by atoms with Gasteiger partial charge in [0.1, 0.15) is 0 Å². The molecule has 1 unspecified atom stereocenters. The first-order chi connectivity index (χ1) is 8.31. The molecule has 3 nitrogen and oxygen atoms in total. The van der Waals surface area contributed by atoms with E-state index in [1.54, 1.807) is 0 Å². The fraction of sp³-hybridized carbons (Fsp3) is 0.929. The molecular weight excluding hydrogens is 210 g/mol. The zero-order valence-electron chi connectivity index (χ0n) is 11.5. The van der Waals surface area contributed by atoms with Crippen molar-refractivity contribution in [2.24, 2.45) is 0 Å². The van der Waals surface area contributed by atoms with E-state index in [9.17, 15) is 0 Å². The highest BCUT2D eigenvalue weighted by Crippen LogP contribution is 2.10. The van der Waals surface area contributed by atoms with Gasteiger partial charge in [-0.1, -0.05) is 33.1 Å². The smallest absolute Gasteiger partial charge is 0.0976 e. The molecule has 0 N–H and O–H groups in total. The molecule has 98 valence electrons. The van der Waals surface area contributed by atoms with Crippen LogP contribution in [0, 0.1) is 11.3 Å². The summed E-state index contributed by atoms with van der Waals surface area (Å²) in [6.07, 6.45) is 6.34. The highest BCUT2D eigenvalue weighted by Gasteiger charge is 2.21. The summed E-state index contributed by atoms with van der Waals surface area (Å²) in [5, 5.41) is 9.04. The lowest BCUT2D eigenvalue weighted by Crippen LogP contribution is -2.49. The van der Waals surface area contributed by atoms with Gasteiger partial charge in [0, 0.05) is 26.2 Å². The van der Waals surface area contributed by atoms with Gasteiger partial charge >= 0.3 is 0 Å². The van der Waals surface area contributed by atoms with E-state index in [2.05, 4.69) is 29.7 Å². The standard InChI is InChI=1S/C14H27N3/c1-3-5-6-7-8-16-9-11-17(12-10-16)14(4-2)13-15/h14H,3-12H2,1-2H3. The predicted molar refractivity (Wildman–Crippen MR) is 71.8 cm³/mol. The van der Waals surface area contributed by atoms with E-state index >= 15 is 0 Å². The lowest BCUT2D eigenvalue weighted by molar-refractivity contribution is 0.111. The predicted octanol–water partition coefficient (Wildman–Crippen LogP) is 2.49. The zero-order chi connectivity index (χ0) is 12.5. The van der Waals surface area contributed by atoms with Gasteiger partial charge in [-0.05, 0) is 19.4 Å². The molecular formula is C14H27N3. The van der Waals surface area contributed by atoms with Gasteiger partial charge in [-0.2, -0.15) is 5.26 Å². The van der Waals surface area contributed by atoms with Crippen LogP contribution >= 0.6 is 0 Å². The largest absolute Gasteiger partial charge is 0.301 e. The van der Waals surface area contributed by atoms with Crippen molar-refractivity contribution in [3.05, 3.63) is 0 Å². The summed E-state index contributed by atoms with van der Waals surface area (Å²) < 4.78 is 0. The Morgan fingerprint density at radius 3 is 2.29 bits per heavy atom. The SMILES string of the molecule is CCCCCCN1CCN(C(C#N)CC)CC1. The fourth-order valence-corrected chi connectivity index (χ4v) is 2.49. The molecule has 0 aromatic heterocycles. The summed E-state index contributed by atoms with van der Waals surface area (Å²) in [5.74, 6) is 0. The summed E-state index contributed by atoms with van der Waals surface area (Å²) in [7, 11) is 0. The van der Waals surface area contributed by atoms with E-state index < -0.39 is 0 Å². The number of unbranched alkanes of at least 4 members (excludes halogenated alkanes) is 3. The lowest BCUT2D eigenvalue weighted by Gasteiger charge is -2.36. The van der Waals surface area contributed by atoms with Crippen LogP contribution in [0.25, 0.3) is 0 Å². The maximum Gasteiger partial charge on any atom is 0.0976 e. The van der Waals surface area contributed by atoms with E-state index in [1.165, 1.54) is 32.2 Å². The van der Waals surface area contributed by atoms with E-state index in [4.69, 9.17) is 5.26 Å². The average molecular weight is 237 g/mol. The van der Waals surface area contributed by atoms with Crippen LogP contribution in [0.4, 0.5) is 0 Å². The monoisotopic (exact) mass is 237 g/mol.